The van der Waals surface area contributed by atoms with E-state index in [1.165, 1.54) is 0 Å². The van der Waals surface area contributed by atoms with Crippen molar-refractivity contribution < 1.29 is 23.9 Å². The number of ether oxygens (including phenoxy) is 2. The van der Waals surface area contributed by atoms with Crippen LogP contribution >= 0.6 is 23.2 Å². The molecule has 0 fully saturated rings. The first-order valence-corrected chi connectivity index (χ1v) is 14.7. The van der Waals surface area contributed by atoms with Crippen LogP contribution in [0.2, 0.25) is 10.0 Å². The number of halogens is 2. The van der Waals surface area contributed by atoms with Gasteiger partial charge in [-0.15, -0.1) is 0 Å². The van der Waals surface area contributed by atoms with E-state index >= 15 is 0 Å². The van der Waals surface area contributed by atoms with Crippen LogP contribution in [0.5, 0.6) is 11.5 Å². The topological polar surface area (TPSA) is 69.7 Å². The standard InChI is InChI=1S/C37H32Cl2O5/c1-43-36-15-7-27(8-16-36)31(23-40)19-29(25-3-11-33(38)12-4-25)21-35(42)22-30(26-5-13-34(39)14-6-26)20-32(24-41)28-9-17-37(44-2)18-10-28/h3-20,23-24,29-30H,21-22H2,1-2H3. The molecule has 7 heteroatoms. The van der Waals surface area contributed by atoms with Crippen LogP contribution in [0.3, 0.4) is 0 Å². The Morgan fingerprint density at radius 2 is 0.932 bits per heavy atom. The number of ketones is 1. The van der Waals surface area contributed by atoms with Crippen LogP contribution in [-0.4, -0.2) is 32.6 Å². The van der Waals surface area contributed by atoms with Crippen LogP contribution in [0.1, 0.15) is 46.9 Å². The van der Waals surface area contributed by atoms with Gasteiger partial charge in [0.1, 0.15) is 29.9 Å². The Kier molecular flexibility index (Phi) is 11.7. The number of Topliss-reactive ketones (excluding diaryl/α,β-unsaturated/α-hetero) is 1. The molecule has 4 rings (SSSR count). The highest BCUT2D eigenvalue weighted by atomic mass is 35.5. The lowest BCUT2D eigenvalue weighted by molar-refractivity contribution is -0.119. The van der Waals surface area contributed by atoms with Crippen molar-refractivity contribution in [1.29, 1.82) is 0 Å². The predicted molar refractivity (Wildman–Crippen MR) is 177 cm³/mol. The van der Waals surface area contributed by atoms with Gasteiger partial charge in [0.25, 0.3) is 0 Å². The number of allylic oxidation sites excluding steroid dienone is 4. The molecular formula is C37H32Cl2O5. The monoisotopic (exact) mass is 626 g/mol. The van der Waals surface area contributed by atoms with E-state index in [9.17, 15) is 14.4 Å². The number of rotatable bonds is 14. The molecule has 4 aromatic carbocycles. The zero-order chi connectivity index (χ0) is 31.5. The summed E-state index contributed by atoms with van der Waals surface area (Å²) in [4.78, 5) is 38.2. The number of carbonyl (C=O) groups is 3. The third-order valence-electron chi connectivity index (χ3n) is 7.35. The normalized spacial score (nSPS) is 13.1. The van der Waals surface area contributed by atoms with Gasteiger partial charge in [0.15, 0.2) is 0 Å². The van der Waals surface area contributed by atoms with Crippen molar-refractivity contribution >= 4 is 52.7 Å². The van der Waals surface area contributed by atoms with E-state index in [0.717, 1.165) is 23.7 Å². The Bertz CT molecular complexity index is 1500. The number of benzene rings is 4. The maximum Gasteiger partial charge on any atom is 0.150 e. The van der Waals surface area contributed by atoms with Gasteiger partial charge in [-0.25, -0.2) is 0 Å². The van der Waals surface area contributed by atoms with Crippen molar-refractivity contribution in [1.82, 2.24) is 0 Å². The summed E-state index contributed by atoms with van der Waals surface area (Å²) in [7, 11) is 3.16. The molecule has 0 bridgehead atoms. The van der Waals surface area contributed by atoms with Gasteiger partial charge in [0.2, 0.25) is 0 Å². The highest BCUT2D eigenvalue weighted by Gasteiger charge is 2.21. The molecular weight excluding hydrogens is 595 g/mol. The summed E-state index contributed by atoms with van der Waals surface area (Å²) >= 11 is 12.3. The maximum absolute atomic E-state index is 13.8. The molecule has 0 heterocycles. The number of aldehydes is 2. The van der Waals surface area contributed by atoms with Crippen molar-refractivity contribution in [3.63, 3.8) is 0 Å². The van der Waals surface area contributed by atoms with Gasteiger partial charge >= 0.3 is 0 Å². The molecule has 0 aliphatic rings. The van der Waals surface area contributed by atoms with Gasteiger partial charge in [0.05, 0.1) is 14.2 Å². The second kappa shape index (κ2) is 15.9. The number of hydrogen-bond acceptors (Lipinski definition) is 5. The minimum absolute atomic E-state index is 0.0441. The van der Waals surface area contributed by atoms with Gasteiger partial charge in [-0.2, -0.15) is 0 Å². The van der Waals surface area contributed by atoms with E-state index in [-0.39, 0.29) is 18.6 Å². The fourth-order valence-electron chi connectivity index (χ4n) is 4.95. The van der Waals surface area contributed by atoms with Crippen molar-refractivity contribution in [3.05, 3.63) is 142 Å². The minimum atomic E-state index is -0.399. The molecule has 0 aromatic heterocycles. The van der Waals surface area contributed by atoms with E-state index < -0.39 is 11.8 Å². The third kappa shape index (κ3) is 8.79. The summed E-state index contributed by atoms with van der Waals surface area (Å²) in [6.07, 6.45) is 5.48. The second-order valence-electron chi connectivity index (χ2n) is 10.2. The Morgan fingerprint density at radius 3 is 1.23 bits per heavy atom. The lowest BCUT2D eigenvalue weighted by atomic mass is 9.85. The summed E-state index contributed by atoms with van der Waals surface area (Å²) in [5.41, 5.74) is 4.03. The summed E-state index contributed by atoms with van der Waals surface area (Å²) in [5, 5.41) is 1.14. The Balaban J connectivity index is 1.68. The first-order valence-electron chi connectivity index (χ1n) is 14.0. The molecule has 0 amide bonds. The Hall–Kier alpha value is -4.45. The molecule has 0 saturated heterocycles. The fourth-order valence-corrected chi connectivity index (χ4v) is 5.20. The number of hydrogen-bond donors (Lipinski definition) is 0. The fraction of sp³-hybridized carbons (Fsp3) is 0.162. The van der Waals surface area contributed by atoms with E-state index in [0.29, 0.717) is 43.8 Å². The number of carbonyl (C=O) groups excluding carboxylic acids is 3. The zero-order valence-corrected chi connectivity index (χ0v) is 25.9. The molecule has 0 aliphatic heterocycles. The predicted octanol–water partition coefficient (Wildman–Crippen LogP) is 8.79. The lowest BCUT2D eigenvalue weighted by Gasteiger charge is -2.18. The lowest BCUT2D eigenvalue weighted by Crippen LogP contribution is -2.11. The summed E-state index contributed by atoms with van der Waals surface area (Å²) in [5.74, 6) is 0.508. The molecule has 0 spiro atoms. The molecule has 0 aliphatic carbocycles. The largest absolute Gasteiger partial charge is 0.497 e. The highest BCUT2D eigenvalue weighted by Crippen LogP contribution is 2.32. The third-order valence-corrected chi connectivity index (χ3v) is 7.86. The summed E-state index contributed by atoms with van der Waals surface area (Å²) in [6.45, 7) is 0. The average molecular weight is 628 g/mol. The molecule has 0 N–H and O–H groups in total. The number of methoxy groups -OCH3 is 2. The Morgan fingerprint density at radius 1 is 0.591 bits per heavy atom. The van der Waals surface area contributed by atoms with Crippen LogP contribution in [0, 0.1) is 0 Å². The van der Waals surface area contributed by atoms with Gasteiger partial charge < -0.3 is 9.47 Å². The van der Waals surface area contributed by atoms with E-state index in [4.69, 9.17) is 32.7 Å². The van der Waals surface area contributed by atoms with Crippen molar-refractivity contribution in [2.75, 3.05) is 14.2 Å². The Labute approximate surface area is 267 Å². The smallest absolute Gasteiger partial charge is 0.150 e. The quantitative estimate of drug-likeness (QED) is 0.103. The zero-order valence-electron chi connectivity index (χ0n) is 24.4. The van der Waals surface area contributed by atoms with E-state index in [1.807, 2.05) is 36.4 Å². The molecule has 5 nitrogen and oxygen atoms in total. The molecule has 4 aromatic rings. The van der Waals surface area contributed by atoms with Gasteiger partial charge in [-0.1, -0.05) is 83.9 Å². The van der Waals surface area contributed by atoms with E-state index in [1.54, 1.807) is 87.0 Å². The SMILES string of the molecule is COc1ccc(C(C=O)=CC(CC(=O)CC(C=C(C=O)c2ccc(OC)cc2)c2ccc(Cl)cc2)c2ccc(Cl)cc2)cc1. The molecule has 0 radical (unpaired) electrons. The van der Waals surface area contributed by atoms with E-state index in [2.05, 4.69) is 0 Å². The second-order valence-corrected chi connectivity index (χ2v) is 11.1. The maximum atomic E-state index is 13.8. The van der Waals surface area contributed by atoms with Crippen molar-refractivity contribution in [3.8, 4) is 11.5 Å². The van der Waals surface area contributed by atoms with Crippen LogP contribution in [0.25, 0.3) is 11.1 Å². The van der Waals surface area contributed by atoms with Crippen LogP contribution < -0.4 is 9.47 Å². The van der Waals surface area contributed by atoms with Crippen LogP contribution in [0.4, 0.5) is 0 Å². The molecule has 0 saturated carbocycles. The summed E-state index contributed by atoms with van der Waals surface area (Å²) in [6, 6.07) is 28.9. The highest BCUT2D eigenvalue weighted by molar-refractivity contribution is 6.30. The first kappa shape index (κ1) is 32.5. The first-order chi connectivity index (χ1) is 21.3. The van der Waals surface area contributed by atoms with Crippen LogP contribution in [-0.2, 0) is 14.4 Å². The van der Waals surface area contributed by atoms with Crippen molar-refractivity contribution in [2.24, 2.45) is 0 Å². The average Bonchev–Trinajstić information content (AvgIpc) is 3.06. The van der Waals surface area contributed by atoms with Gasteiger partial charge in [-0.05, 0) is 70.8 Å². The molecule has 2 unspecified atom stereocenters. The van der Waals surface area contributed by atoms with Gasteiger partial charge in [-0.3, -0.25) is 14.4 Å². The van der Waals surface area contributed by atoms with Crippen LogP contribution in [0.15, 0.2) is 109 Å². The molecule has 2 atom stereocenters. The summed E-state index contributed by atoms with van der Waals surface area (Å²) < 4.78 is 10.5. The van der Waals surface area contributed by atoms with Gasteiger partial charge in [0, 0.05) is 45.9 Å². The minimum Gasteiger partial charge on any atom is -0.497 e. The molecule has 224 valence electrons. The molecule has 44 heavy (non-hydrogen) atoms. The van der Waals surface area contributed by atoms with Crippen molar-refractivity contribution in [2.45, 2.75) is 24.7 Å².